The smallest absolute Gasteiger partial charge is 0.317 e. The van der Waals surface area contributed by atoms with E-state index in [-0.39, 0.29) is 18.0 Å². The maximum atomic E-state index is 12.7. The fourth-order valence-corrected chi connectivity index (χ4v) is 3.65. The van der Waals surface area contributed by atoms with Crippen LogP contribution in [0.2, 0.25) is 0 Å². The fourth-order valence-electron chi connectivity index (χ4n) is 3.65. The number of hydrogen-bond donors (Lipinski definition) is 2. The molecule has 0 unspecified atom stereocenters. The van der Waals surface area contributed by atoms with Crippen molar-refractivity contribution in [2.24, 2.45) is 0 Å². The highest BCUT2D eigenvalue weighted by atomic mass is 16.2. The number of piperidine rings is 1. The van der Waals surface area contributed by atoms with Crippen LogP contribution in [0.3, 0.4) is 0 Å². The largest absolute Gasteiger partial charge is 0.342 e. The molecular weight excluding hydrogens is 324 g/mol. The van der Waals surface area contributed by atoms with E-state index in [4.69, 9.17) is 4.98 Å². The molecule has 3 aromatic rings. The van der Waals surface area contributed by atoms with E-state index >= 15 is 0 Å². The lowest BCUT2D eigenvalue weighted by Gasteiger charge is -2.32. The third kappa shape index (κ3) is 3.43. The lowest BCUT2D eigenvalue weighted by atomic mass is 9.97. The van der Waals surface area contributed by atoms with Gasteiger partial charge in [-0.3, -0.25) is 0 Å². The Hall–Kier alpha value is -2.82. The van der Waals surface area contributed by atoms with Gasteiger partial charge in [0.1, 0.15) is 5.82 Å². The molecule has 2 amide bonds. The Bertz CT molecular complexity index is 856. The number of imidazole rings is 1. The summed E-state index contributed by atoms with van der Waals surface area (Å²) in [6, 6.07) is 18.1. The highest BCUT2D eigenvalue weighted by Crippen LogP contribution is 2.27. The number of carbonyl (C=O) groups is 1. The highest BCUT2D eigenvalue weighted by Gasteiger charge is 2.27. The van der Waals surface area contributed by atoms with Crippen molar-refractivity contribution in [1.82, 2.24) is 20.2 Å². The lowest BCUT2D eigenvalue weighted by molar-refractivity contribution is 0.175. The molecule has 2 aromatic carbocycles. The zero-order chi connectivity index (χ0) is 17.9. The van der Waals surface area contributed by atoms with Crippen molar-refractivity contribution < 1.29 is 4.79 Å². The molecule has 0 bridgehead atoms. The number of urea groups is 1. The number of para-hydroxylation sites is 2. The molecule has 0 saturated carbocycles. The second-order valence-electron chi connectivity index (χ2n) is 7.01. The van der Waals surface area contributed by atoms with Crippen molar-refractivity contribution in [3.8, 4) is 0 Å². The topological polar surface area (TPSA) is 61.0 Å². The lowest BCUT2D eigenvalue weighted by Crippen LogP contribution is -2.45. The first-order valence-corrected chi connectivity index (χ1v) is 9.26. The van der Waals surface area contributed by atoms with Gasteiger partial charge in [-0.2, -0.15) is 0 Å². The Labute approximate surface area is 153 Å². The minimum atomic E-state index is -0.00437. The number of amides is 2. The Kier molecular flexibility index (Phi) is 4.61. The first-order chi connectivity index (χ1) is 12.7. The van der Waals surface area contributed by atoms with Gasteiger partial charge in [-0.05, 0) is 37.5 Å². The predicted molar refractivity (Wildman–Crippen MR) is 103 cm³/mol. The summed E-state index contributed by atoms with van der Waals surface area (Å²) in [4.78, 5) is 22.8. The van der Waals surface area contributed by atoms with Gasteiger partial charge in [0.05, 0.1) is 17.1 Å². The molecule has 1 aliphatic heterocycles. The number of benzene rings is 2. The molecule has 1 aromatic heterocycles. The molecule has 1 fully saturated rings. The van der Waals surface area contributed by atoms with Crippen molar-refractivity contribution >= 4 is 17.1 Å². The molecule has 2 atom stereocenters. The van der Waals surface area contributed by atoms with Crippen molar-refractivity contribution in [2.75, 3.05) is 13.1 Å². The van der Waals surface area contributed by atoms with Gasteiger partial charge < -0.3 is 15.2 Å². The van der Waals surface area contributed by atoms with Crippen molar-refractivity contribution in [3.05, 3.63) is 66.0 Å². The second-order valence-corrected chi connectivity index (χ2v) is 7.01. The van der Waals surface area contributed by atoms with Gasteiger partial charge in [-0.15, -0.1) is 0 Å². The van der Waals surface area contributed by atoms with Gasteiger partial charge in [0.15, 0.2) is 0 Å². The Balaban J connectivity index is 1.43. The quantitative estimate of drug-likeness (QED) is 0.745. The van der Waals surface area contributed by atoms with E-state index in [0.29, 0.717) is 6.54 Å². The molecule has 2 heterocycles. The number of likely N-dealkylation sites (tertiary alicyclic amines) is 1. The molecule has 4 rings (SSSR count). The van der Waals surface area contributed by atoms with Crippen LogP contribution >= 0.6 is 0 Å². The van der Waals surface area contributed by atoms with E-state index in [1.165, 1.54) is 0 Å². The van der Waals surface area contributed by atoms with E-state index in [1.807, 2.05) is 66.4 Å². The summed E-state index contributed by atoms with van der Waals surface area (Å²) < 4.78 is 0. The van der Waals surface area contributed by atoms with Crippen LogP contribution in [0.5, 0.6) is 0 Å². The molecule has 0 radical (unpaired) electrons. The molecule has 0 aliphatic carbocycles. The standard InChI is InChI=1S/C21H24N4O/c1-15(16-8-3-2-4-9-16)22-21(26)25-13-7-10-17(14-25)20-23-18-11-5-6-12-19(18)24-20/h2-6,8-9,11-12,15,17H,7,10,13-14H2,1H3,(H,22,26)(H,23,24)/t15-,17-/m1/s1. The maximum absolute atomic E-state index is 12.7. The molecule has 0 spiro atoms. The Morgan fingerprint density at radius 1 is 1.19 bits per heavy atom. The number of fused-ring (bicyclic) bond motifs is 1. The van der Waals surface area contributed by atoms with Crippen molar-refractivity contribution in [2.45, 2.75) is 31.7 Å². The average Bonchev–Trinajstić information content (AvgIpc) is 3.13. The predicted octanol–water partition coefficient (Wildman–Crippen LogP) is 4.21. The number of nitrogens with one attached hydrogen (secondary N) is 2. The minimum Gasteiger partial charge on any atom is -0.342 e. The molecule has 2 N–H and O–H groups in total. The van der Waals surface area contributed by atoms with Crippen LogP contribution < -0.4 is 5.32 Å². The minimum absolute atomic E-state index is 0.00200. The van der Waals surface area contributed by atoms with Gasteiger partial charge in [0.2, 0.25) is 0 Å². The van der Waals surface area contributed by atoms with Crippen molar-refractivity contribution in [3.63, 3.8) is 0 Å². The number of hydrogen-bond acceptors (Lipinski definition) is 2. The molecule has 1 aliphatic rings. The van der Waals surface area contributed by atoms with E-state index < -0.39 is 0 Å². The van der Waals surface area contributed by atoms with Crippen LogP contribution in [0.1, 0.15) is 43.1 Å². The number of aromatic amines is 1. The Morgan fingerprint density at radius 3 is 2.77 bits per heavy atom. The number of carbonyl (C=O) groups excluding carboxylic acids is 1. The van der Waals surface area contributed by atoms with Gasteiger partial charge in [0, 0.05) is 19.0 Å². The maximum Gasteiger partial charge on any atom is 0.317 e. The highest BCUT2D eigenvalue weighted by molar-refractivity contribution is 5.76. The fraction of sp³-hybridized carbons (Fsp3) is 0.333. The molecule has 5 nitrogen and oxygen atoms in total. The van der Waals surface area contributed by atoms with E-state index in [1.54, 1.807) is 0 Å². The van der Waals surface area contributed by atoms with E-state index in [9.17, 15) is 4.79 Å². The first-order valence-electron chi connectivity index (χ1n) is 9.26. The van der Waals surface area contributed by atoms with Crippen LogP contribution in [0.4, 0.5) is 4.79 Å². The third-order valence-electron chi connectivity index (χ3n) is 5.14. The Morgan fingerprint density at radius 2 is 1.96 bits per heavy atom. The van der Waals surface area contributed by atoms with Crippen LogP contribution in [0.25, 0.3) is 11.0 Å². The number of nitrogens with zero attached hydrogens (tertiary/aromatic N) is 2. The van der Waals surface area contributed by atoms with Crippen molar-refractivity contribution in [1.29, 1.82) is 0 Å². The summed E-state index contributed by atoms with van der Waals surface area (Å²) in [7, 11) is 0. The third-order valence-corrected chi connectivity index (χ3v) is 5.14. The SMILES string of the molecule is C[C@@H](NC(=O)N1CCC[C@@H](c2nc3ccccc3[nH]2)C1)c1ccccc1. The van der Waals surface area contributed by atoms with E-state index in [2.05, 4.69) is 10.3 Å². The van der Waals surface area contributed by atoms with Crippen LogP contribution in [0.15, 0.2) is 54.6 Å². The normalized spacial score (nSPS) is 18.7. The van der Waals surface area contributed by atoms with Gasteiger partial charge in [0.25, 0.3) is 0 Å². The molecular formula is C21H24N4O. The average molecular weight is 348 g/mol. The summed E-state index contributed by atoms with van der Waals surface area (Å²) in [6.45, 7) is 3.52. The van der Waals surface area contributed by atoms with Crippen LogP contribution in [-0.2, 0) is 0 Å². The summed E-state index contributed by atoms with van der Waals surface area (Å²) in [6.07, 6.45) is 2.05. The van der Waals surface area contributed by atoms with Crippen LogP contribution in [0, 0.1) is 0 Å². The number of aromatic nitrogens is 2. The summed E-state index contributed by atoms with van der Waals surface area (Å²) in [5.41, 5.74) is 3.16. The second kappa shape index (κ2) is 7.20. The van der Waals surface area contributed by atoms with Crippen LogP contribution in [-0.4, -0.2) is 34.0 Å². The summed E-state index contributed by atoms with van der Waals surface area (Å²) in [5.74, 6) is 1.24. The summed E-state index contributed by atoms with van der Waals surface area (Å²) >= 11 is 0. The molecule has 26 heavy (non-hydrogen) atoms. The van der Waals surface area contributed by atoms with Gasteiger partial charge in [-0.1, -0.05) is 42.5 Å². The monoisotopic (exact) mass is 348 g/mol. The van der Waals surface area contributed by atoms with Gasteiger partial charge in [-0.25, -0.2) is 9.78 Å². The zero-order valence-electron chi connectivity index (χ0n) is 15.0. The number of H-pyrrole nitrogens is 1. The molecule has 134 valence electrons. The molecule has 1 saturated heterocycles. The summed E-state index contributed by atoms with van der Waals surface area (Å²) in [5, 5.41) is 3.12. The zero-order valence-corrected chi connectivity index (χ0v) is 15.0. The van der Waals surface area contributed by atoms with Gasteiger partial charge >= 0.3 is 6.03 Å². The first kappa shape index (κ1) is 16.6. The molecule has 5 heteroatoms. The van der Waals surface area contributed by atoms with E-state index in [0.717, 1.165) is 41.8 Å². The number of rotatable bonds is 3.